The summed E-state index contributed by atoms with van der Waals surface area (Å²) in [6.45, 7) is 3.26. The van der Waals surface area contributed by atoms with Crippen LogP contribution in [0, 0.1) is 0 Å². The number of anilines is 2. The number of halogens is 3. The second-order valence-corrected chi connectivity index (χ2v) is 10.3. The van der Waals surface area contributed by atoms with Gasteiger partial charge in [0.25, 0.3) is 0 Å². The van der Waals surface area contributed by atoms with Crippen LogP contribution in [0.5, 0.6) is 0 Å². The van der Waals surface area contributed by atoms with Gasteiger partial charge < -0.3 is 10.6 Å². The van der Waals surface area contributed by atoms with Gasteiger partial charge in [-0.25, -0.2) is 4.79 Å². The number of fused-ring (bicyclic) bond motifs is 3. The minimum absolute atomic E-state index is 0.255. The van der Waals surface area contributed by atoms with Crippen molar-refractivity contribution in [1.29, 1.82) is 0 Å². The van der Waals surface area contributed by atoms with Crippen molar-refractivity contribution in [2.75, 3.05) is 18.0 Å². The van der Waals surface area contributed by atoms with Crippen LogP contribution in [0.3, 0.4) is 0 Å². The first-order valence-corrected chi connectivity index (χ1v) is 12.5. The molecule has 3 heterocycles. The summed E-state index contributed by atoms with van der Waals surface area (Å²) < 4.78 is 0. The molecule has 3 aromatic rings. The molecule has 1 unspecified atom stereocenters. The van der Waals surface area contributed by atoms with Gasteiger partial charge in [0.2, 0.25) is 0 Å². The monoisotopic (exact) mass is 512 g/mol. The summed E-state index contributed by atoms with van der Waals surface area (Å²) in [7, 11) is 0. The minimum Gasteiger partial charge on any atom is -0.333 e. The molecule has 0 aliphatic carbocycles. The Morgan fingerprint density at radius 1 is 0.941 bits per heavy atom. The molecule has 2 atom stereocenters. The number of hydrogen-bond acceptors (Lipinski definition) is 3. The molecule has 5 nitrogen and oxygen atoms in total. The molecule has 34 heavy (non-hydrogen) atoms. The molecule has 0 radical (unpaired) electrons. The lowest BCUT2D eigenvalue weighted by Crippen LogP contribution is -2.43. The predicted molar refractivity (Wildman–Crippen MR) is 138 cm³/mol. The van der Waals surface area contributed by atoms with Crippen molar-refractivity contribution in [3.63, 3.8) is 0 Å². The Labute approximate surface area is 213 Å². The van der Waals surface area contributed by atoms with E-state index in [1.165, 1.54) is 6.42 Å². The summed E-state index contributed by atoms with van der Waals surface area (Å²) in [5.41, 5.74) is 5.33. The topological polar surface area (TPSA) is 47.6 Å². The second-order valence-electron chi connectivity index (χ2n) is 9.11. The van der Waals surface area contributed by atoms with Gasteiger partial charge in [-0.15, -0.1) is 0 Å². The van der Waals surface area contributed by atoms with Crippen molar-refractivity contribution in [2.24, 2.45) is 0 Å². The number of benzene rings is 3. The van der Waals surface area contributed by atoms with Gasteiger partial charge in [0, 0.05) is 54.4 Å². The Balaban J connectivity index is 1.53. The summed E-state index contributed by atoms with van der Waals surface area (Å²) in [5, 5.41) is 8.07. The second kappa shape index (κ2) is 8.74. The van der Waals surface area contributed by atoms with Crippen molar-refractivity contribution >= 4 is 52.2 Å². The maximum absolute atomic E-state index is 13.2. The third kappa shape index (κ3) is 3.76. The zero-order valence-corrected chi connectivity index (χ0v) is 20.6. The zero-order chi connectivity index (χ0) is 23.4. The Bertz CT molecular complexity index is 1280. The SMILES string of the molecule is O=C1NCc2c(-c3ccccc3Cl)cc(CN3CC4C[C@H]3CN4)cc2N1c1c(Cl)cccc1Cl. The summed E-state index contributed by atoms with van der Waals surface area (Å²) in [4.78, 5) is 17.3. The molecule has 0 spiro atoms. The van der Waals surface area contributed by atoms with Crippen LogP contribution in [0.4, 0.5) is 16.2 Å². The molecule has 174 valence electrons. The lowest BCUT2D eigenvalue weighted by molar-refractivity contribution is 0.218. The van der Waals surface area contributed by atoms with Crippen LogP contribution in [0.25, 0.3) is 11.1 Å². The standard InChI is InChI=1S/C26H23Cl3N4O/c27-21-5-2-1-4-18(21)19-8-15(13-32-14-16-10-17(32)11-30-16)9-24-20(19)12-31-26(34)33(24)25-22(28)6-3-7-23(25)29/h1-9,16-17,30H,10-14H2,(H,31,34)/t16?,17-/m0/s1. The van der Waals surface area contributed by atoms with Gasteiger partial charge in [-0.3, -0.25) is 9.80 Å². The van der Waals surface area contributed by atoms with Crippen LogP contribution < -0.4 is 15.5 Å². The molecule has 2 saturated heterocycles. The van der Waals surface area contributed by atoms with Crippen molar-refractivity contribution in [2.45, 2.75) is 31.6 Å². The van der Waals surface area contributed by atoms with Gasteiger partial charge in [-0.1, -0.05) is 59.1 Å². The Kier molecular flexibility index (Phi) is 5.71. The first-order chi connectivity index (χ1) is 16.5. The minimum atomic E-state index is -0.255. The molecular weight excluding hydrogens is 491 g/mol. The molecule has 2 fully saturated rings. The van der Waals surface area contributed by atoms with Crippen molar-refractivity contribution in [1.82, 2.24) is 15.5 Å². The molecule has 3 aliphatic heterocycles. The molecule has 3 aromatic carbocycles. The molecular formula is C26H23Cl3N4O. The molecule has 2 bridgehead atoms. The molecule has 0 aromatic heterocycles. The molecule has 2 N–H and O–H groups in total. The van der Waals surface area contributed by atoms with Crippen molar-refractivity contribution in [3.8, 4) is 11.1 Å². The van der Waals surface area contributed by atoms with Crippen LogP contribution >= 0.6 is 34.8 Å². The fraction of sp³-hybridized carbons (Fsp3) is 0.269. The summed E-state index contributed by atoms with van der Waals surface area (Å²) in [6, 6.07) is 18.3. The molecule has 8 heteroatoms. The van der Waals surface area contributed by atoms with E-state index < -0.39 is 0 Å². The lowest BCUT2D eigenvalue weighted by atomic mass is 9.93. The third-order valence-corrected chi connectivity index (χ3v) is 7.97. The maximum Gasteiger partial charge on any atom is 0.326 e. The summed E-state index contributed by atoms with van der Waals surface area (Å²) >= 11 is 19.8. The molecule has 2 amide bonds. The number of amides is 2. The van der Waals surface area contributed by atoms with E-state index in [2.05, 4.69) is 27.7 Å². The highest BCUT2D eigenvalue weighted by Crippen LogP contribution is 2.45. The van der Waals surface area contributed by atoms with Gasteiger partial charge >= 0.3 is 6.03 Å². The number of rotatable bonds is 4. The van der Waals surface area contributed by atoms with E-state index in [9.17, 15) is 4.79 Å². The summed E-state index contributed by atoms with van der Waals surface area (Å²) in [6.07, 6.45) is 1.19. The predicted octanol–water partition coefficient (Wildman–Crippen LogP) is 6.22. The highest BCUT2D eigenvalue weighted by Gasteiger charge is 2.38. The van der Waals surface area contributed by atoms with Gasteiger partial charge in [0.1, 0.15) is 0 Å². The van der Waals surface area contributed by atoms with Gasteiger partial charge in [0.05, 0.1) is 21.4 Å². The summed E-state index contributed by atoms with van der Waals surface area (Å²) in [5.74, 6) is 0. The fourth-order valence-electron chi connectivity index (χ4n) is 5.46. The number of carbonyl (C=O) groups is 1. The van der Waals surface area contributed by atoms with E-state index in [1.54, 1.807) is 23.1 Å². The fourth-order valence-corrected chi connectivity index (χ4v) is 6.27. The number of urea groups is 1. The van der Waals surface area contributed by atoms with Crippen LogP contribution in [-0.4, -0.2) is 36.1 Å². The highest BCUT2D eigenvalue weighted by atomic mass is 35.5. The van der Waals surface area contributed by atoms with Crippen LogP contribution in [-0.2, 0) is 13.1 Å². The van der Waals surface area contributed by atoms with E-state index in [0.717, 1.165) is 47.6 Å². The van der Waals surface area contributed by atoms with E-state index in [0.29, 0.717) is 39.4 Å². The van der Waals surface area contributed by atoms with E-state index in [1.807, 2.05) is 24.3 Å². The van der Waals surface area contributed by atoms with Gasteiger partial charge in [-0.2, -0.15) is 0 Å². The molecule has 3 aliphatic rings. The smallest absolute Gasteiger partial charge is 0.326 e. The highest BCUT2D eigenvalue weighted by molar-refractivity contribution is 6.40. The average molecular weight is 514 g/mol. The number of nitrogens with one attached hydrogen (secondary N) is 2. The van der Waals surface area contributed by atoms with Crippen molar-refractivity contribution < 1.29 is 4.79 Å². The van der Waals surface area contributed by atoms with Gasteiger partial charge in [-0.05, 0) is 47.9 Å². The van der Waals surface area contributed by atoms with Crippen LogP contribution in [0.2, 0.25) is 15.1 Å². The van der Waals surface area contributed by atoms with E-state index >= 15 is 0 Å². The molecule has 0 saturated carbocycles. The van der Waals surface area contributed by atoms with Gasteiger partial charge in [0.15, 0.2) is 0 Å². The third-order valence-electron chi connectivity index (χ3n) is 7.03. The maximum atomic E-state index is 13.2. The molecule has 6 rings (SSSR count). The average Bonchev–Trinajstić information content (AvgIpc) is 3.44. The van der Waals surface area contributed by atoms with E-state index in [-0.39, 0.29) is 6.03 Å². The number of likely N-dealkylation sites (tertiary alicyclic amines) is 1. The van der Waals surface area contributed by atoms with Crippen molar-refractivity contribution in [3.05, 3.63) is 80.8 Å². The number of hydrogen-bond donors (Lipinski definition) is 2. The lowest BCUT2D eigenvalue weighted by Gasteiger charge is -2.34. The van der Waals surface area contributed by atoms with Crippen LogP contribution in [0.15, 0.2) is 54.6 Å². The normalized spacial score (nSPS) is 21.6. The zero-order valence-electron chi connectivity index (χ0n) is 18.3. The number of carbonyl (C=O) groups excluding carboxylic acids is 1. The number of nitrogens with zero attached hydrogens (tertiary/aromatic N) is 2. The Morgan fingerprint density at radius 3 is 2.41 bits per heavy atom. The largest absolute Gasteiger partial charge is 0.333 e. The van der Waals surface area contributed by atoms with Crippen LogP contribution in [0.1, 0.15) is 17.5 Å². The first kappa shape index (κ1) is 22.2. The number of para-hydroxylation sites is 1. The Hall–Kier alpha value is -2.28. The number of piperazine rings is 1. The Morgan fingerprint density at radius 2 is 1.71 bits per heavy atom. The van der Waals surface area contributed by atoms with E-state index in [4.69, 9.17) is 34.8 Å². The first-order valence-electron chi connectivity index (χ1n) is 11.4. The quantitative estimate of drug-likeness (QED) is 0.435.